The van der Waals surface area contributed by atoms with E-state index in [0.29, 0.717) is 8.58 Å². The van der Waals surface area contributed by atoms with Gasteiger partial charge in [0.05, 0.1) is 0 Å². The second kappa shape index (κ2) is 6.12. The van der Waals surface area contributed by atoms with Crippen molar-refractivity contribution in [1.29, 1.82) is 0 Å². The molecule has 2 aromatic rings. The minimum atomic E-state index is 0. The van der Waals surface area contributed by atoms with Crippen LogP contribution in [-0.2, 0) is 0 Å². The lowest BCUT2D eigenvalue weighted by Gasteiger charge is -2.01. The third-order valence-corrected chi connectivity index (χ3v) is 3.34. The van der Waals surface area contributed by atoms with Gasteiger partial charge in [0.1, 0.15) is 0 Å². The lowest BCUT2D eigenvalue weighted by molar-refractivity contribution is 1.76. The molecule has 0 N–H and O–H groups in total. The van der Waals surface area contributed by atoms with Crippen molar-refractivity contribution >= 4 is 43.2 Å². The van der Waals surface area contributed by atoms with E-state index in [-0.39, 0.29) is 12.4 Å². The Labute approximate surface area is 103 Å². The van der Waals surface area contributed by atoms with Gasteiger partial charge in [-0.2, -0.15) is 0 Å². The van der Waals surface area contributed by atoms with Crippen LogP contribution in [0.2, 0.25) is 5.02 Å². The number of hydrogen-bond donors (Lipinski definition) is 0. The predicted molar refractivity (Wildman–Crippen MR) is 72.7 cm³/mol. The molecule has 0 aliphatic heterocycles. The van der Waals surface area contributed by atoms with Gasteiger partial charge in [-0.3, -0.25) is 0 Å². The molecule has 0 radical (unpaired) electrons. The smallest absolute Gasteiger partial charge is 0.0412 e. The van der Waals surface area contributed by atoms with E-state index in [1.165, 1.54) is 10.6 Å². The van der Waals surface area contributed by atoms with Crippen molar-refractivity contribution in [3.8, 4) is 0 Å². The first-order valence-electron chi connectivity index (χ1n) is 4.42. The molecule has 0 aliphatic rings. The van der Waals surface area contributed by atoms with Gasteiger partial charge in [0, 0.05) is 5.02 Å². The third-order valence-electron chi connectivity index (χ3n) is 1.89. The van der Waals surface area contributed by atoms with E-state index in [2.05, 4.69) is 30.3 Å². The zero-order chi connectivity index (χ0) is 9.80. The molecule has 3 heteroatoms. The number of rotatable bonds is 2. The summed E-state index contributed by atoms with van der Waals surface area (Å²) in [4.78, 5) is 0. The topological polar surface area (TPSA) is 0 Å². The van der Waals surface area contributed by atoms with Crippen LogP contribution in [0.3, 0.4) is 0 Å². The fourth-order valence-electron chi connectivity index (χ4n) is 1.25. The Morgan fingerprint density at radius 3 is 2.13 bits per heavy atom. The Hall–Kier alpha value is -0.550. The summed E-state index contributed by atoms with van der Waals surface area (Å²) in [5.41, 5.74) is 0. The summed E-state index contributed by atoms with van der Waals surface area (Å²) in [6.45, 7) is 0. The maximum atomic E-state index is 5.92. The van der Waals surface area contributed by atoms with Crippen LogP contribution in [0, 0.1) is 0 Å². The fraction of sp³-hybridized carbons (Fsp3) is 0. The molecule has 1 unspecified atom stereocenters. The quantitative estimate of drug-likeness (QED) is 0.723. The van der Waals surface area contributed by atoms with Gasteiger partial charge in [-0.25, -0.2) is 0 Å². The van der Waals surface area contributed by atoms with Gasteiger partial charge in [0.2, 0.25) is 0 Å². The summed E-state index contributed by atoms with van der Waals surface area (Å²) < 4.78 is 0. The third kappa shape index (κ3) is 3.83. The second-order valence-corrected chi connectivity index (χ2v) is 4.84. The molecule has 2 aromatic carbocycles. The van der Waals surface area contributed by atoms with Crippen LogP contribution >= 0.6 is 32.6 Å². The minimum Gasteiger partial charge on any atom is -0.147 e. The Bertz CT molecular complexity index is 415. The van der Waals surface area contributed by atoms with Crippen LogP contribution in [-0.4, -0.2) is 0 Å². The normalized spacial score (nSPS) is 10.2. The monoisotopic (exact) mass is 256 g/mol. The summed E-state index contributed by atoms with van der Waals surface area (Å²) in [7, 11) is 0.689. The molecule has 78 valence electrons. The maximum Gasteiger partial charge on any atom is 0.0412 e. The van der Waals surface area contributed by atoms with Gasteiger partial charge < -0.3 is 0 Å². The van der Waals surface area contributed by atoms with Crippen LogP contribution in [0.1, 0.15) is 0 Å². The molecule has 0 aromatic heterocycles. The van der Waals surface area contributed by atoms with Crippen LogP contribution in [0.15, 0.2) is 54.6 Å². The molecule has 0 saturated carbocycles. The molecule has 0 heterocycles. The molecule has 0 fully saturated rings. The Morgan fingerprint density at radius 2 is 1.47 bits per heavy atom. The average molecular weight is 257 g/mol. The van der Waals surface area contributed by atoms with Gasteiger partial charge in [-0.1, -0.05) is 62.6 Å². The Morgan fingerprint density at radius 1 is 0.800 bits per heavy atom. The van der Waals surface area contributed by atoms with Crippen molar-refractivity contribution in [2.75, 3.05) is 0 Å². The predicted octanol–water partition coefficient (Wildman–Crippen LogP) is 3.39. The Kier molecular flexibility index (Phi) is 5.11. The van der Waals surface area contributed by atoms with E-state index in [4.69, 9.17) is 11.6 Å². The van der Waals surface area contributed by atoms with Crippen molar-refractivity contribution in [3.63, 3.8) is 0 Å². The molecule has 0 bridgehead atoms. The molecule has 1 atom stereocenters. The highest BCUT2D eigenvalue weighted by molar-refractivity contribution is 7.55. The summed E-state index contributed by atoms with van der Waals surface area (Å²) in [5.74, 6) is 0. The zero-order valence-corrected chi connectivity index (χ0v) is 10.6. The summed E-state index contributed by atoms with van der Waals surface area (Å²) in [6.07, 6.45) is 0. The van der Waals surface area contributed by atoms with Gasteiger partial charge in [0.15, 0.2) is 0 Å². The Balaban J connectivity index is 0.00000112. The molecule has 0 saturated heterocycles. The van der Waals surface area contributed by atoms with Crippen molar-refractivity contribution in [2.24, 2.45) is 0 Å². The van der Waals surface area contributed by atoms with E-state index < -0.39 is 0 Å². The average Bonchev–Trinajstić information content (AvgIpc) is 2.19. The summed E-state index contributed by atoms with van der Waals surface area (Å²) >= 11 is 5.92. The highest BCUT2D eigenvalue weighted by Gasteiger charge is 1.95. The number of benzene rings is 2. The number of hydrogen-bond acceptors (Lipinski definition) is 0. The molecule has 0 aliphatic carbocycles. The fourth-order valence-corrected chi connectivity index (χ4v) is 2.64. The van der Waals surface area contributed by atoms with Crippen molar-refractivity contribution in [3.05, 3.63) is 59.6 Å². The van der Waals surface area contributed by atoms with Crippen LogP contribution in [0.25, 0.3) is 0 Å². The van der Waals surface area contributed by atoms with Crippen molar-refractivity contribution < 1.29 is 0 Å². The van der Waals surface area contributed by atoms with E-state index in [1.54, 1.807) is 0 Å². The lowest BCUT2D eigenvalue weighted by atomic mass is 10.4. The van der Waals surface area contributed by atoms with Gasteiger partial charge >= 0.3 is 0 Å². The van der Waals surface area contributed by atoms with Gasteiger partial charge in [-0.05, 0) is 22.7 Å². The van der Waals surface area contributed by atoms with E-state index in [0.717, 1.165) is 5.02 Å². The minimum absolute atomic E-state index is 0. The molecule has 0 nitrogen and oxygen atoms in total. The molecular weight excluding hydrogens is 246 g/mol. The van der Waals surface area contributed by atoms with Crippen molar-refractivity contribution in [2.45, 2.75) is 0 Å². The van der Waals surface area contributed by atoms with Crippen molar-refractivity contribution in [1.82, 2.24) is 0 Å². The first-order valence-corrected chi connectivity index (χ1v) is 5.80. The zero-order valence-electron chi connectivity index (χ0n) is 7.98. The SMILES string of the molecule is Cl.Clc1cccc(Pc2ccccc2)c1. The van der Waals surface area contributed by atoms with Crippen LogP contribution in [0.5, 0.6) is 0 Å². The van der Waals surface area contributed by atoms with E-state index >= 15 is 0 Å². The molecule has 2 rings (SSSR count). The highest BCUT2D eigenvalue weighted by atomic mass is 35.5. The molecule has 15 heavy (non-hydrogen) atoms. The number of halogens is 2. The second-order valence-electron chi connectivity index (χ2n) is 3.00. The van der Waals surface area contributed by atoms with Gasteiger partial charge in [0.25, 0.3) is 0 Å². The van der Waals surface area contributed by atoms with Crippen LogP contribution in [0.4, 0.5) is 0 Å². The first-order chi connectivity index (χ1) is 6.84. The summed E-state index contributed by atoms with van der Waals surface area (Å²) in [5, 5.41) is 3.43. The molecule has 0 amide bonds. The summed E-state index contributed by atoms with van der Waals surface area (Å²) in [6, 6.07) is 18.5. The maximum absolute atomic E-state index is 5.92. The van der Waals surface area contributed by atoms with E-state index in [9.17, 15) is 0 Å². The highest BCUT2D eigenvalue weighted by Crippen LogP contribution is 2.13. The van der Waals surface area contributed by atoms with Gasteiger partial charge in [-0.15, -0.1) is 12.4 Å². The first kappa shape index (κ1) is 12.5. The standard InChI is InChI=1S/C12H10ClP.ClH/c13-10-5-4-8-12(9-10)14-11-6-2-1-3-7-11;/h1-9,14H;1H. The van der Waals surface area contributed by atoms with Crippen LogP contribution < -0.4 is 10.6 Å². The molecular formula is C12H11Cl2P. The largest absolute Gasteiger partial charge is 0.147 e. The molecule has 0 spiro atoms. The lowest BCUT2D eigenvalue weighted by Crippen LogP contribution is -2.01. The van der Waals surface area contributed by atoms with E-state index in [1.807, 2.05) is 24.3 Å².